The van der Waals surface area contributed by atoms with Gasteiger partial charge in [0.2, 0.25) is 0 Å². The van der Waals surface area contributed by atoms with Gasteiger partial charge in [-0.2, -0.15) is 5.26 Å². The summed E-state index contributed by atoms with van der Waals surface area (Å²) >= 11 is 0. The summed E-state index contributed by atoms with van der Waals surface area (Å²) in [5, 5.41) is 8.43. The van der Waals surface area contributed by atoms with E-state index in [0.717, 1.165) is 5.56 Å². The Bertz CT molecular complexity index is 743. The quantitative estimate of drug-likeness (QED) is 0.877. The first-order chi connectivity index (χ1) is 9.62. The molecule has 0 atom stereocenters. The normalized spacial score (nSPS) is 11.2. The van der Waals surface area contributed by atoms with E-state index in [-0.39, 0.29) is 4.90 Å². The molecular weight excluding hydrogens is 272 g/mol. The molecule has 4 nitrogen and oxygen atoms in total. The van der Waals surface area contributed by atoms with Gasteiger partial charge in [0.1, 0.15) is 0 Å². The molecular formula is C15H12N2O2S. The summed E-state index contributed by atoms with van der Waals surface area (Å²) in [6.45, 7) is 0. The van der Waals surface area contributed by atoms with E-state index in [1.807, 2.05) is 12.1 Å². The molecule has 0 aromatic heterocycles. The molecule has 0 bridgehead atoms. The number of anilines is 1. The van der Waals surface area contributed by atoms with Crippen molar-refractivity contribution in [1.82, 2.24) is 0 Å². The second-order valence-electron chi connectivity index (χ2n) is 4.00. The van der Waals surface area contributed by atoms with Crippen LogP contribution in [0.25, 0.3) is 6.08 Å². The van der Waals surface area contributed by atoms with Crippen molar-refractivity contribution in [3.8, 4) is 6.07 Å². The van der Waals surface area contributed by atoms with Crippen LogP contribution < -0.4 is 4.72 Å². The van der Waals surface area contributed by atoms with E-state index < -0.39 is 10.0 Å². The second-order valence-corrected chi connectivity index (χ2v) is 5.69. The first-order valence-corrected chi connectivity index (χ1v) is 7.34. The summed E-state index contributed by atoms with van der Waals surface area (Å²) in [4.78, 5) is 0.176. The largest absolute Gasteiger partial charge is 0.280 e. The summed E-state index contributed by atoms with van der Waals surface area (Å²) in [7, 11) is -3.59. The van der Waals surface area contributed by atoms with Crippen LogP contribution in [0.1, 0.15) is 5.56 Å². The molecule has 0 aliphatic rings. The van der Waals surface area contributed by atoms with Crippen LogP contribution >= 0.6 is 0 Å². The van der Waals surface area contributed by atoms with E-state index in [9.17, 15) is 8.42 Å². The number of nitriles is 1. The van der Waals surface area contributed by atoms with Crippen molar-refractivity contribution in [3.05, 3.63) is 66.2 Å². The first kappa shape index (κ1) is 13.8. The van der Waals surface area contributed by atoms with Gasteiger partial charge in [0, 0.05) is 11.8 Å². The zero-order chi connectivity index (χ0) is 14.4. The van der Waals surface area contributed by atoms with E-state index in [4.69, 9.17) is 5.26 Å². The highest BCUT2D eigenvalue weighted by Crippen LogP contribution is 2.16. The first-order valence-electron chi connectivity index (χ1n) is 5.86. The minimum atomic E-state index is -3.59. The average molecular weight is 284 g/mol. The third-order valence-corrected chi connectivity index (χ3v) is 3.96. The third kappa shape index (κ3) is 3.46. The van der Waals surface area contributed by atoms with E-state index in [1.165, 1.54) is 18.2 Å². The van der Waals surface area contributed by atoms with Gasteiger partial charge in [0.25, 0.3) is 10.0 Å². The molecule has 0 aliphatic carbocycles. The Morgan fingerprint density at radius 1 is 1.00 bits per heavy atom. The molecule has 2 rings (SSSR count). The van der Waals surface area contributed by atoms with Crippen LogP contribution in [0.2, 0.25) is 0 Å². The summed E-state index contributed by atoms with van der Waals surface area (Å²) in [5.41, 5.74) is 1.28. The standard InChI is InChI=1S/C15H12N2O2S/c16-12-4-5-13-8-10-15(11-9-13)20(18,19)17-14-6-2-1-3-7-14/h1-11,17H/b5-4+. The van der Waals surface area contributed by atoms with Gasteiger partial charge in [-0.05, 0) is 35.9 Å². The highest BCUT2D eigenvalue weighted by atomic mass is 32.2. The van der Waals surface area contributed by atoms with Crippen molar-refractivity contribution >= 4 is 21.8 Å². The maximum absolute atomic E-state index is 12.1. The Balaban J connectivity index is 2.22. The number of allylic oxidation sites excluding steroid dienone is 1. The number of nitrogens with zero attached hydrogens (tertiary/aromatic N) is 1. The van der Waals surface area contributed by atoms with Gasteiger partial charge in [0.15, 0.2) is 0 Å². The molecule has 100 valence electrons. The fourth-order valence-corrected chi connectivity index (χ4v) is 2.67. The van der Waals surface area contributed by atoms with Gasteiger partial charge in [0.05, 0.1) is 11.0 Å². The zero-order valence-electron chi connectivity index (χ0n) is 10.5. The topological polar surface area (TPSA) is 70.0 Å². The third-order valence-electron chi connectivity index (χ3n) is 2.57. The molecule has 5 heteroatoms. The zero-order valence-corrected chi connectivity index (χ0v) is 11.3. The molecule has 0 radical (unpaired) electrons. The highest BCUT2D eigenvalue weighted by molar-refractivity contribution is 7.92. The van der Waals surface area contributed by atoms with Crippen molar-refractivity contribution in [1.29, 1.82) is 5.26 Å². The molecule has 0 saturated carbocycles. The van der Waals surface area contributed by atoms with Crippen LogP contribution in [0.4, 0.5) is 5.69 Å². The van der Waals surface area contributed by atoms with Crippen LogP contribution in [-0.2, 0) is 10.0 Å². The summed E-state index contributed by atoms with van der Waals surface area (Å²) in [5.74, 6) is 0. The van der Waals surface area contributed by atoms with Gasteiger partial charge in [-0.15, -0.1) is 0 Å². The van der Waals surface area contributed by atoms with E-state index in [1.54, 1.807) is 42.5 Å². The lowest BCUT2D eigenvalue weighted by Crippen LogP contribution is -2.12. The lowest BCUT2D eigenvalue weighted by Gasteiger charge is -2.07. The van der Waals surface area contributed by atoms with E-state index >= 15 is 0 Å². The molecule has 2 aromatic carbocycles. The summed E-state index contributed by atoms with van der Waals surface area (Å²) in [6, 6.07) is 16.9. The Hall–Kier alpha value is -2.58. The van der Waals surface area contributed by atoms with Crippen LogP contribution in [0.15, 0.2) is 65.6 Å². The van der Waals surface area contributed by atoms with Crippen LogP contribution in [0.5, 0.6) is 0 Å². The van der Waals surface area contributed by atoms with E-state index in [2.05, 4.69) is 4.72 Å². The Morgan fingerprint density at radius 2 is 1.65 bits per heavy atom. The molecule has 1 N–H and O–H groups in total. The van der Waals surface area contributed by atoms with Crippen LogP contribution in [-0.4, -0.2) is 8.42 Å². The lowest BCUT2D eigenvalue weighted by atomic mass is 10.2. The molecule has 0 unspecified atom stereocenters. The van der Waals surface area contributed by atoms with Crippen molar-refractivity contribution in [2.45, 2.75) is 4.90 Å². The number of sulfonamides is 1. The number of para-hydroxylation sites is 1. The Labute approximate surface area is 118 Å². The van der Waals surface area contributed by atoms with Crippen molar-refractivity contribution in [3.63, 3.8) is 0 Å². The van der Waals surface area contributed by atoms with Crippen molar-refractivity contribution < 1.29 is 8.42 Å². The van der Waals surface area contributed by atoms with Gasteiger partial charge in [-0.1, -0.05) is 30.3 Å². The Morgan fingerprint density at radius 3 is 2.25 bits per heavy atom. The predicted molar refractivity (Wildman–Crippen MR) is 78.3 cm³/mol. The minimum Gasteiger partial charge on any atom is -0.280 e. The van der Waals surface area contributed by atoms with Crippen LogP contribution in [0, 0.1) is 11.3 Å². The number of hydrogen-bond acceptors (Lipinski definition) is 3. The fourth-order valence-electron chi connectivity index (χ4n) is 1.61. The minimum absolute atomic E-state index is 0.176. The van der Waals surface area contributed by atoms with Crippen molar-refractivity contribution in [2.75, 3.05) is 4.72 Å². The predicted octanol–water partition coefficient (Wildman–Crippen LogP) is 3.02. The average Bonchev–Trinajstić information content (AvgIpc) is 2.46. The van der Waals surface area contributed by atoms with Gasteiger partial charge >= 0.3 is 0 Å². The van der Waals surface area contributed by atoms with Crippen LogP contribution in [0.3, 0.4) is 0 Å². The molecule has 0 amide bonds. The SMILES string of the molecule is N#C/C=C/c1ccc(S(=O)(=O)Nc2ccccc2)cc1. The van der Waals surface area contributed by atoms with Gasteiger partial charge < -0.3 is 0 Å². The molecule has 0 fully saturated rings. The molecule has 0 spiro atoms. The monoisotopic (exact) mass is 284 g/mol. The Kier molecular flexibility index (Phi) is 4.18. The van der Waals surface area contributed by atoms with Gasteiger partial charge in [-0.3, -0.25) is 4.72 Å². The molecule has 0 aliphatic heterocycles. The molecule has 2 aromatic rings. The highest BCUT2D eigenvalue weighted by Gasteiger charge is 2.13. The second kappa shape index (κ2) is 6.04. The molecule has 0 saturated heterocycles. The lowest BCUT2D eigenvalue weighted by molar-refractivity contribution is 0.601. The summed E-state index contributed by atoms with van der Waals surface area (Å²) in [6.07, 6.45) is 2.95. The van der Waals surface area contributed by atoms with Crippen molar-refractivity contribution in [2.24, 2.45) is 0 Å². The number of hydrogen-bond donors (Lipinski definition) is 1. The smallest absolute Gasteiger partial charge is 0.261 e. The van der Waals surface area contributed by atoms with Gasteiger partial charge in [-0.25, -0.2) is 8.42 Å². The fraction of sp³-hybridized carbons (Fsp3) is 0. The maximum Gasteiger partial charge on any atom is 0.261 e. The number of benzene rings is 2. The number of rotatable bonds is 4. The maximum atomic E-state index is 12.1. The molecule has 0 heterocycles. The number of nitrogens with one attached hydrogen (secondary N) is 1. The summed E-state index contributed by atoms with van der Waals surface area (Å²) < 4.78 is 26.8. The molecule has 20 heavy (non-hydrogen) atoms. The van der Waals surface area contributed by atoms with E-state index in [0.29, 0.717) is 5.69 Å².